The zero-order valence-electron chi connectivity index (χ0n) is 13.6. The third kappa shape index (κ3) is 4.72. The fraction of sp³-hybridized carbons (Fsp3) is 0.667. The molecular weight excluding hydrogens is 260 g/mol. The summed E-state index contributed by atoms with van der Waals surface area (Å²) in [6.07, 6.45) is 4.85. The standard InChI is InChI=1S/C18H30N2O/c1-13-5-4-6-17(11-13)21-10-9-18(20-19)16-8-7-14(2)15(3)12-16/h4-6,11,14-16,18,20H,7-10,12,19H2,1-3H3. The molecule has 0 amide bonds. The lowest BCUT2D eigenvalue weighted by molar-refractivity contribution is 0.154. The number of hydrogen-bond donors (Lipinski definition) is 2. The summed E-state index contributed by atoms with van der Waals surface area (Å²) in [6, 6.07) is 8.58. The molecule has 0 bridgehead atoms. The Labute approximate surface area is 129 Å². The second-order valence-electron chi connectivity index (χ2n) is 6.75. The first-order valence-corrected chi connectivity index (χ1v) is 8.25. The molecule has 2 rings (SSSR count). The highest BCUT2D eigenvalue weighted by Crippen LogP contribution is 2.35. The summed E-state index contributed by atoms with van der Waals surface area (Å²) in [6.45, 7) is 7.54. The van der Waals surface area contributed by atoms with E-state index in [0.717, 1.165) is 30.6 Å². The zero-order valence-corrected chi connectivity index (χ0v) is 13.6. The van der Waals surface area contributed by atoms with Crippen LogP contribution in [0.5, 0.6) is 5.75 Å². The van der Waals surface area contributed by atoms with Crippen LogP contribution in [0.4, 0.5) is 0 Å². The highest BCUT2D eigenvalue weighted by molar-refractivity contribution is 5.27. The molecule has 0 spiro atoms. The Morgan fingerprint density at radius 1 is 1.29 bits per heavy atom. The lowest BCUT2D eigenvalue weighted by Gasteiger charge is -2.36. The predicted molar refractivity (Wildman–Crippen MR) is 88.1 cm³/mol. The van der Waals surface area contributed by atoms with Crippen molar-refractivity contribution in [3.8, 4) is 5.75 Å². The summed E-state index contributed by atoms with van der Waals surface area (Å²) >= 11 is 0. The number of hydrazine groups is 1. The average Bonchev–Trinajstić information content (AvgIpc) is 2.47. The van der Waals surface area contributed by atoms with Gasteiger partial charge in [0.15, 0.2) is 0 Å². The summed E-state index contributed by atoms with van der Waals surface area (Å²) in [7, 11) is 0. The SMILES string of the molecule is Cc1cccc(OCCC(NN)C2CCC(C)C(C)C2)c1. The second kappa shape index (κ2) is 7.81. The molecule has 3 nitrogen and oxygen atoms in total. The van der Waals surface area contributed by atoms with Crippen LogP contribution in [0.1, 0.15) is 45.1 Å². The van der Waals surface area contributed by atoms with Crippen molar-refractivity contribution in [1.29, 1.82) is 0 Å². The van der Waals surface area contributed by atoms with E-state index in [1.807, 2.05) is 12.1 Å². The van der Waals surface area contributed by atoms with Gasteiger partial charge in [0.2, 0.25) is 0 Å². The third-order valence-electron chi connectivity index (χ3n) is 5.11. The molecule has 1 aliphatic carbocycles. The summed E-state index contributed by atoms with van der Waals surface area (Å²) in [5, 5.41) is 0. The number of aryl methyl sites for hydroxylation is 1. The van der Waals surface area contributed by atoms with Crippen LogP contribution in [0, 0.1) is 24.7 Å². The molecule has 0 aromatic heterocycles. The molecule has 0 radical (unpaired) electrons. The highest BCUT2D eigenvalue weighted by Gasteiger charge is 2.29. The van der Waals surface area contributed by atoms with Crippen LogP contribution in [-0.4, -0.2) is 12.6 Å². The van der Waals surface area contributed by atoms with Gasteiger partial charge in [-0.3, -0.25) is 11.3 Å². The van der Waals surface area contributed by atoms with Gasteiger partial charge >= 0.3 is 0 Å². The topological polar surface area (TPSA) is 47.3 Å². The lowest BCUT2D eigenvalue weighted by atomic mass is 9.73. The largest absolute Gasteiger partial charge is 0.494 e. The van der Waals surface area contributed by atoms with Gasteiger partial charge in [-0.25, -0.2) is 0 Å². The number of nitrogens with two attached hydrogens (primary N) is 1. The van der Waals surface area contributed by atoms with E-state index in [0.29, 0.717) is 12.0 Å². The van der Waals surface area contributed by atoms with E-state index < -0.39 is 0 Å². The third-order valence-corrected chi connectivity index (χ3v) is 5.11. The lowest BCUT2D eigenvalue weighted by Crippen LogP contribution is -2.44. The van der Waals surface area contributed by atoms with E-state index in [-0.39, 0.29) is 0 Å². The quantitative estimate of drug-likeness (QED) is 0.621. The van der Waals surface area contributed by atoms with Gasteiger partial charge in [-0.2, -0.15) is 0 Å². The number of benzene rings is 1. The number of hydrogen-bond acceptors (Lipinski definition) is 3. The Morgan fingerprint density at radius 3 is 2.76 bits per heavy atom. The molecule has 0 heterocycles. The van der Waals surface area contributed by atoms with Crippen molar-refractivity contribution < 1.29 is 4.74 Å². The van der Waals surface area contributed by atoms with Crippen molar-refractivity contribution in [2.24, 2.45) is 23.6 Å². The van der Waals surface area contributed by atoms with Crippen molar-refractivity contribution in [3.05, 3.63) is 29.8 Å². The Bertz CT molecular complexity index is 435. The van der Waals surface area contributed by atoms with E-state index >= 15 is 0 Å². The molecule has 4 atom stereocenters. The van der Waals surface area contributed by atoms with E-state index in [1.165, 1.54) is 24.8 Å². The first kappa shape index (κ1) is 16.3. The number of ether oxygens (including phenoxy) is 1. The first-order valence-electron chi connectivity index (χ1n) is 8.25. The van der Waals surface area contributed by atoms with Crippen molar-refractivity contribution in [3.63, 3.8) is 0 Å². The molecular formula is C18H30N2O. The van der Waals surface area contributed by atoms with Gasteiger partial charge in [0.1, 0.15) is 5.75 Å². The molecule has 118 valence electrons. The Hall–Kier alpha value is -1.06. The highest BCUT2D eigenvalue weighted by atomic mass is 16.5. The van der Waals surface area contributed by atoms with Crippen molar-refractivity contribution >= 4 is 0 Å². The van der Waals surface area contributed by atoms with Gasteiger partial charge in [0.25, 0.3) is 0 Å². The number of rotatable bonds is 6. The summed E-state index contributed by atoms with van der Waals surface area (Å²) in [4.78, 5) is 0. The molecule has 0 aliphatic heterocycles. The fourth-order valence-electron chi connectivity index (χ4n) is 3.42. The molecule has 1 aromatic carbocycles. The molecule has 3 heteroatoms. The predicted octanol–water partition coefficient (Wildman–Crippen LogP) is 3.67. The summed E-state index contributed by atoms with van der Waals surface area (Å²) < 4.78 is 5.86. The molecule has 1 aromatic rings. The van der Waals surface area contributed by atoms with Crippen LogP contribution < -0.4 is 16.0 Å². The first-order chi connectivity index (χ1) is 10.1. The van der Waals surface area contributed by atoms with E-state index in [2.05, 4.69) is 38.3 Å². The maximum Gasteiger partial charge on any atom is 0.119 e. The smallest absolute Gasteiger partial charge is 0.119 e. The zero-order chi connectivity index (χ0) is 15.2. The molecule has 21 heavy (non-hydrogen) atoms. The summed E-state index contributed by atoms with van der Waals surface area (Å²) in [5.74, 6) is 9.07. The average molecular weight is 290 g/mol. The van der Waals surface area contributed by atoms with Crippen LogP contribution in [0.25, 0.3) is 0 Å². The van der Waals surface area contributed by atoms with Gasteiger partial charge in [-0.05, 0) is 61.6 Å². The Morgan fingerprint density at radius 2 is 2.10 bits per heavy atom. The molecule has 0 saturated heterocycles. The second-order valence-corrected chi connectivity index (χ2v) is 6.75. The van der Waals surface area contributed by atoms with Crippen molar-refractivity contribution in [2.45, 2.75) is 52.5 Å². The molecule has 1 saturated carbocycles. The van der Waals surface area contributed by atoms with Crippen LogP contribution in [0.2, 0.25) is 0 Å². The van der Waals surface area contributed by atoms with Crippen LogP contribution in [-0.2, 0) is 0 Å². The maximum atomic E-state index is 5.86. The summed E-state index contributed by atoms with van der Waals surface area (Å²) in [5.41, 5.74) is 4.26. The van der Waals surface area contributed by atoms with E-state index in [1.54, 1.807) is 0 Å². The Balaban J connectivity index is 1.80. The molecule has 1 fully saturated rings. The van der Waals surface area contributed by atoms with Gasteiger partial charge in [0, 0.05) is 6.04 Å². The molecule has 3 N–H and O–H groups in total. The molecule has 4 unspecified atom stereocenters. The minimum Gasteiger partial charge on any atom is -0.494 e. The van der Waals surface area contributed by atoms with Gasteiger partial charge in [0.05, 0.1) is 6.61 Å². The van der Waals surface area contributed by atoms with Crippen LogP contribution >= 0.6 is 0 Å². The monoisotopic (exact) mass is 290 g/mol. The van der Waals surface area contributed by atoms with Gasteiger partial charge < -0.3 is 4.74 Å². The van der Waals surface area contributed by atoms with Crippen LogP contribution in [0.3, 0.4) is 0 Å². The number of nitrogens with one attached hydrogen (secondary N) is 1. The normalized spacial score (nSPS) is 27.3. The van der Waals surface area contributed by atoms with Crippen molar-refractivity contribution in [2.75, 3.05) is 6.61 Å². The minimum atomic E-state index is 0.366. The maximum absolute atomic E-state index is 5.86. The van der Waals surface area contributed by atoms with Crippen molar-refractivity contribution in [1.82, 2.24) is 5.43 Å². The van der Waals surface area contributed by atoms with Gasteiger partial charge in [-0.15, -0.1) is 0 Å². The van der Waals surface area contributed by atoms with E-state index in [9.17, 15) is 0 Å². The Kier molecular flexibility index (Phi) is 6.07. The fourth-order valence-corrected chi connectivity index (χ4v) is 3.42. The minimum absolute atomic E-state index is 0.366. The molecule has 1 aliphatic rings. The van der Waals surface area contributed by atoms with E-state index in [4.69, 9.17) is 10.6 Å². The van der Waals surface area contributed by atoms with Gasteiger partial charge in [-0.1, -0.05) is 32.4 Å². The van der Waals surface area contributed by atoms with Crippen LogP contribution in [0.15, 0.2) is 24.3 Å².